The van der Waals surface area contributed by atoms with Crippen LogP contribution in [0.5, 0.6) is 0 Å². The maximum Gasteiger partial charge on any atom is 0.0534 e. The van der Waals surface area contributed by atoms with Crippen molar-refractivity contribution in [2.45, 2.75) is 19.4 Å². The van der Waals surface area contributed by atoms with Crippen LogP contribution < -0.4 is 0 Å². The van der Waals surface area contributed by atoms with Crippen molar-refractivity contribution >= 4 is 15.9 Å². The van der Waals surface area contributed by atoms with E-state index in [9.17, 15) is 0 Å². The fourth-order valence-electron chi connectivity index (χ4n) is 2.11. The highest BCUT2D eigenvalue weighted by Gasteiger charge is 2.18. The Morgan fingerprint density at radius 2 is 2.20 bits per heavy atom. The average Bonchev–Trinajstić information content (AvgIpc) is 2.65. The summed E-state index contributed by atoms with van der Waals surface area (Å²) in [5.41, 5.74) is 1.33. The summed E-state index contributed by atoms with van der Waals surface area (Å²) >= 11 is 3.57. The minimum atomic E-state index is 0.884. The van der Waals surface area contributed by atoms with E-state index in [4.69, 9.17) is 0 Å². The van der Waals surface area contributed by atoms with Gasteiger partial charge in [0.2, 0.25) is 0 Å². The number of aryl methyl sites for hydroxylation is 1. The predicted molar refractivity (Wildman–Crippen MR) is 65.0 cm³/mol. The molecule has 0 atom stereocenters. The fourth-order valence-corrected chi connectivity index (χ4v) is 2.76. The Hall–Kier alpha value is -0.350. The van der Waals surface area contributed by atoms with Crippen molar-refractivity contribution in [1.82, 2.24) is 14.7 Å². The summed E-state index contributed by atoms with van der Waals surface area (Å²) in [4.78, 5) is 2.52. The molecule has 0 aliphatic carbocycles. The molecular formula is C11H18BrN3. The first-order valence-electron chi connectivity index (χ1n) is 5.54. The molecule has 1 aromatic rings. The lowest BCUT2D eigenvalue weighted by Gasteiger charge is -2.30. The first-order chi connectivity index (χ1) is 7.28. The van der Waals surface area contributed by atoms with Crippen LogP contribution in [-0.2, 0) is 13.6 Å². The van der Waals surface area contributed by atoms with Gasteiger partial charge in [-0.3, -0.25) is 9.58 Å². The molecule has 0 unspecified atom stereocenters. The van der Waals surface area contributed by atoms with Crippen LogP contribution in [0, 0.1) is 5.92 Å². The molecular weight excluding hydrogens is 254 g/mol. The number of hydrogen-bond acceptors (Lipinski definition) is 2. The van der Waals surface area contributed by atoms with Gasteiger partial charge in [-0.1, -0.05) is 15.9 Å². The molecule has 2 heterocycles. The molecule has 1 fully saturated rings. The molecule has 1 aromatic heterocycles. The Kier molecular flexibility index (Phi) is 3.81. The van der Waals surface area contributed by atoms with E-state index in [-0.39, 0.29) is 0 Å². The Morgan fingerprint density at radius 1 is 1.47 bits per heavy atom. The van der Waals surface area contributed by atoms with E-state index in [0.29, 0.717) is 0 Å². The molecule has 0 N–H and O–H groups in total. The molecule has 15 heavy (non-hydrogen) atoms. The van der Waals surface area contributed by atoms with Gasteiger partial charge in [-0.05, 0) is 31.8 Å². The third kappa shape index (κ3) is 3.05. The van der Waals surface area contributed by atoms with Crippen LogP contribution in [0.25, 0.3) is 0 Å². The van der Waals surface area contributed by atoms with Crippen LogP contribution in [0.2, 0.25) is 0 Å². The number of alkyl halides is 1. The van der Waals surface area contributed by atoms with E-state index in [1.54, 1.807) is 0 Å². The van der Waals surface area contributed by atoms with Crippen LogP contribution in [0.4, 0.5) is 0 Å². The van der Waals surface area contributed by atoms with Crippen molar-refractivity contribution in [3.8, 4) is 0 Å². The van der Waals surface area contributed by atoms with Crippen molar-refractivity contribution < 1.29 is 0 Å². The monoisotopic (exact) mass is 271 g/mol. The molecule has 0 spiro atoms. The second kappa shape index (κ2) is 5.12. The van der Waals surface area contributed by atoms with Gasteiger partial charge in [-0.25, -0.2) is 0 Å². The van der Waals surface area contributed by atoms with Crippen molar-refractivity contribution in [3.63, 3.8) is 0 Å². The smallest absolute Gasteiger partial charge is 0.0534 e. The van der Waals surface area contributed by atoms with Gasteiger partial charge in [0.1, 0.15) is 0 Å². The number of likely N-dealkylation sites (tertiary alicyclic amines) is 1. The molecule has 84 valence electrons. The number of halogens is 1. The number of nitrogens with zero attached hydrogens (tertiary/aromatic N) is 3. The predicted octanol–water partition coefficient (Wildman–Crippen LogP) is 2.03. The molecule has 4 heteroatoms. The molecule has 3 nitrogen and oxygen atoms in total. The summed E-state index contributed by atoms with van der Waals surface area (Å²) in [6, 6.07) is 0. The van der Waals surface area contributed by atoms with Gasteiger partial charge in [-0.2, -0.15) is 5.10 Å². The zero-order chi connectivity index (χ0) is 10.7. The lowest BCUT2D eigenvalue weighted by Crippen LogP contribution is -2.33. The van der Waals surface area contributed by atoms with Crippen LogP contribution >= 0.6 is 15.9 Å². The van der Waals surface area contributed by atoms with E-state index in [1.807, 2.05) is 17.9 Å². The first kappa shape index (κ1) is 11.1. The number of aromatic nitrogens is 2. The Bertz CT molecular complexity index is 303. The molecule has 1 aliphatic rings. The fraction of sp³-hybridized carbons (Fsp3) is 0.727. The minimum absolute atomic E-state index is 0.884. The second-order valence-electron chi connectivity index (χ2n) is 4.40. The largest absolute Gasteiger partial charge is 0.299 e. The zero-order valence-electron chi connectivity index (χ0n) is 9.19. The molecule has 1 saturated heterocycles. The number of hydrogen-bond donors (Lipinski definition) is 0. The van der Waals surface area contributed by atoms with Crippen LogP contribution in [0.15, 0.2) is 12.4 Å². The highest BCUT2D eigenvalue weighted by atomic mass is 79.9. The zero-order valence-corrected chi connectivity index (χ0v) is 10.8. The summed E-state index contributed by atoms with van der Waals surface area (Å²) in [6.07, 6.45) is 6.73. The molecule has 2 rings (SSSR count). The maximum absolute atomic E-state index is 4.20. The summed E-state index contributed by atoms with van der Waals surface area (Å²) < 4.78 is 1.88. The van der Waals surface area contributed by atoms with Gasteiger partial charge in [-0.15, -0.1) is 0 Å². The normalized spacial score (nSPS) is 19.6. The number of piperidine rings is 1. The molecule has 1 aliphatic heterocycles. The number of rotatable bonds is 3. The standard InChI is InChI=1S/C11H18BrN3/c1-14-8-11(7-13-14)9-15-4-2-10(6-12)3-5-15/h7-8,10H,2-6,9H2,1H3. The van der Waals surface area contributed by atoms with Crippen molar-refractivity contribution in [1.29, 1.82) is 0 Å². The third-order valence-electron chi connectivity index (χ3n) is 3.09. The topological polar surface area (TPSA) is 21.1 Å². The van der Waals surface area contributed by atoms with Gasteiger partial charge in [0.05, 0.1) is 6.20 Å². The highest BCUT2D eigenvalue weighted by molar-refractivity contribution is 9.09. The second-order valence-corrected chi connectivity index (χ2v) is 5.04. The van der Waals surface area contributed by atoms with E-state index in [1.165, 1.54) is 31.5 Å². The van der Waals surface area contributed by atoms with E-state index >= 15 is 0 Å². The van der Waals surface area contributed by atoms with Crippen molar-refractivity contribution in [2.24, 2.45) is 13.0 Å². The third-order valence-corrected chi connectivity index (χ3v) is 4.01. The van der Waals surface area contributed by atoms with Gasteiger partial charge in [0, 0.05) is 30.7 Å². The summed E-state index contributed by atoms with van der Waals surface area (Å²) in [6.45, 7) is 3.51. The maximum atomic E-state index is 4.20. The summed E-state index contributed by atoms with van der Waals surface area (Å²) in [5.74, 6) is 0.884. The van der Waals surface area contributed by atoms with Gasteiger partial charge in [0.15, 0.2) is 0 Å². The molecule has 0 radical (unpaired) electrons. The van der Waals surface area contributed by atoms with Gasteiger partial charge >= 0.3 is 0 Å². The Labute approximate surface area is 99.6 Å². The van der Waals surface area contributed by atoms with E-state index < -0.39 is 0 Å². The molecule has 0 amide bonds. The van der Waals surface area contributed by atoms with Crippen molar-refractivity contribution in [3.05, 3.63) is 18.0 Å². The molecule has 0 saturated carbocycles. The summed E-state index contributed by atoms with van der Waals surface area (Å²) in [7, 11) is 1.97. The lowest BCUT2D eigenvalue weighted by molar-refractivity contribution is 0.187. The first-order valence-corrected chi connectivity index (χ1v) is 6.66. The summed E-state index contributed by atoms with van der Waals surface area (Å²) in [5, 5.41) is 5.36. The highest BCUT2D eigenvalue weighted by Crippen LogP contribution is 2.20. The molecule has 0 bridgehead atoms. The van der Waals surface area contributed by atoms with Crippen LogP contribution in [0.1, 0.15) is 18.4 Å². The average molecular weight is 272 g/mol. The Balaban J connectivity index is 1.82. The lowest BCUT2D eigenvalue weighted by atomic mass is 9.99. The van der Waals surface area contributed by atoms with Crippen molar-refractivity contribution in [2.75, 3.05) is 18.4 Å². The Morgan fingerprint density at radius 3 is 2.73 bits per heavy atom. The van der Waals surface area contributed by atoms with Gasteiger partial charge < -0.3 is 0 Å². The SMILES string of the molecule is Cn1cc(CN2CCC(CBr)CC2)cn1. The quantitative estimate of drug-likeness (QED) is 0.785. The van der Waals surface area contributed by atoms with E-state index in [0.717, 1.165) is 17.8 Å². The van der Waals surface area contributed by atoms with E-state index in [2.05, 4.69) is 32.1 Å². The van der Waals surface area contributed by atoms with Crippen LogP contribution in [0.3, 0.4) is 0 Å². The van der Waals surface area contributed by atoms with Gasteiger partial charge in [0.25, 0.3) is 0 Å². The van der Waals surface area contributed by atoms with Crippen LogP contribution in [-0.4, -0.2) is 33.1 Å². The molecule has 0 aromatic carbocycles. The minimum Gasteiger partial charge on any atom is -0.299 e.